The number of hydrogen-bond acceptors (Lipinski definition) is 3. The second-order valence-corrected chi connectivity index (χ2v) is 7.40. The first kappa shape index (κ1) is 16.0. The molecule has 0 radical (unpaired) electrons. The van der Waals surface area contributed by atoms with Crippen molar-refractivity contribution in [2.45, 2.75) is 71.1 Å². The van der Waals surface area contributed by atoms with Gasteiger partial charge in [0, 0.05) is 18.9 Å². The highest BCUT2D eigenvalue weighted by atomic mass is 16.4. The van der Waals surface area contributed by atoms with E-state index in [9.17, 15) is 9.90 Å². The Bertz CT molecular complexity index is 506. The third-order valence-electron chi connectivity index (χ3n) is 4.53. The lowest BCUT2D eigenvalue weighted by Crippen LogP contribution is -2.34. The Balaban J connectivity index is 2.29. The smallest absolute Gasteiger partial charge is 0.310 e. The fourth-order valence-corrected chi connectivity index (χ4v) is 3.06. The zero-order valence-electron chi connectivity index (χ0n) is 13.6. The molecule has 0 bridgehead atoms. The minimum Gasteiger partial charge on any atom is -0.481 e. The van der Waals surface area contributed by atoms with E-state index in [0.717, 1.165) is 50.2 Å². The number of aryl methyl sites for hydroxylation is 1. The van der Waals surface area contributed by atoms with Crippen LogP contribution in [0.4, 0.5) is 0 Å². The maximum Gasteiger partial charge on any atom is 0.310 e. The zero-order chi connectivity index (χ0) is 15.7. The minimum atomic E-state index is -0.676. The highest BCUT2D eigenvalue weighted by Crippen LogP contribution is 2.38. The number of hydrogen-bond donors (Lipinski definition) is 1. The number of aromatic nitrogens is 3. The number of nitrogens with zero attached hydrogens (tertiary/aromatic N) is 3. The predicted molar refractivity (Wildman–Crippen MR) is 81.2 cm³/mol. The van der Waals surface area contributed by atoms with Gasteiger partial charge in [-0.15, -0.1) is 0 Å². The van der Waals surface area contributed by atoms with E-state index in [-0.39, 0.29) is 5.41 Å². The summed E-state index contributed by atoms with van der Waals surface area (Å²) in [5, 5.41) is 14.2. The van der Waals surface area contributed by atoms with Gasteiger partial charge in [0.05, 0.1) is 5.41 Å². The lowest BCUT2D eigenvalue weighted by molar-refractivity contribution is -0.150. The van der Waals surface area contributed by atoms with Gasteiger partial charge in [0.25, 0.3) is 0 Å². The molecule has 1 aliphatic rings. The number of aliphatic carboxylic acids is 1. The van der Waals surface area contributed by atoms with Crippen LogP contribution in [0.2, 0.25) is 0 Å². The summed E-state index contributed by atoms with van der Waals surface area (Å²) >= 11 is 0. The van der Waals surface area contributed by atoms with Crippen molar-refractivity contribution in [3.8, 4) is 0 Å². The third kappa shape index (κ3) is 3.44. The summed E-state index contributed by atoms with van der Waals surface area (Å²) in [5.74, 6) is 0.906. The average Bonchev–Trinajstić information content (AvgIpc) is 2.61. The molecule has 0 unspecified atom stereocenters. The van der Waals surface area contributed by atoms with Gasteiger partial charge in [-0.1, -0.05) is 46.5 Å². The third-order valence-corrected chi connectivity index (χ3v) is 4.53. The van der Waals surface area contributed by atoms with Crippen molar-refractivity contribution in [2.24, 2.45) is 12.5 Å². The standard InChI is InChI=1S/C16H27N3O2/c1-15(2,3)13-17-12(19(4)18-13)11-16(14(20)21)9-7-5-6-8-10-16/h5-11H2,1-4H3,(H,20,21). The Morgan fingerprint density at radius 3 is 2.24 bits per heavy atom. The van der Waals surface area contributed by atoms with Gasteiger partial charge in [-0.25, -0.2) is 4.98 Å². The van der Waals surface area contributed by atoms with Gasteiger partial charge < -0.3 is 5.11 Å². The molecular formula is C16H27N3O2. The SMILES string of the molecule is Cn1nc(C(C)(C)C)nc1CC1(C(=O)O)CCCCCC1. The van der Waals surface area contributed by atoms with Crippen LogP contribution in [-0.2, 0) is 23.7 Å². The van der Waals surface area contributed by atoms with Crippen LogP contribution >= 0.6 is 0 Å². The van der Waals surface area contributed by atoms with Crippen molar-refractivity contribution in [3.05, 3.63) is 11.6 Å². The summed E-state index contributed by atoms with van der Waals surface area (Å²) in [6.45, 7) is 6.22. The molecule has 0 aromatic carbocycles. The van der Waals surface area contributed by atoms with Gasteiger partial charge >= 0.3 is 5.97 Å². The largest absolute Gasteiger partial charge is 0.481 e. The summed E-state index contributed by atoms with van der Waals surface area (Å²) in [6, 6.07) is 0. The molecule has 0 spiro atoms. The maximum atomic E-state index is 11.9. The Kier molecular flexibility index (Phi) is 4.40. The molecule has 0 aliphatic heterocycles. The Morgan fingerprint density at radius 1 is 1.24 bits per heavy atom. The molecule has 1 aromatic heterocycles. The molecule has 21 heavy (non-hydrogen) atoms. The lowest BCUT2D eigenvalue weighted by atomic mass is 9.77. The van der Waals surface area contributed by atoms with E-state index in [4.69, 9.17) is 0 Å². The van der Waals surface area contributed by atoms with E-state index in [2.05, 4.69) is 30.9 Å². The molecule has 2 rings (SSSR count). The van der Waals surface area contributed by atoms with Gasteiger partial charge in [-0.2, -0.15) is 5.10 Å². The van der Waals surface area contributed by atoms with E-state index in [0.29, 0.717) is 6.42 Å². The van der Waals surface area contributed by atoms with Crippen LogP contribution in [0.5, 0.6) is 0 Å². The molecule has 0 amide bonds. The van der Waals surface area contributed by atoms with E-state index < -0.39 is 11.4 Å². The Morgan fingerprint density at radius 2 is 1.81 bits per heavy atom. The number of carboxylic acids is 1. The highest BCUT2D eigenvalue weighted by molar-refractivity contribution is 5.75. The molecule has 1 fully saturated rings. The second-order valence-electron chi connectivity index (χ2n) is 7.40. The first-order chi connectivity index (χ1) is 9.74. The molecule has 5 heteroatoms. The van der Waals surface area contributed by atoms with Crippen molar-refractivity contribution >= 4 is 5.97 Å². The maximum absolute atomic E-state index is 11.9. The van der Waals surface area contributed by atoms with E-state index in [1.54, 1.807) is 4.68 Å². The molecular weight excluding hydrogens is 266 g/mol. The molecule has 0 atom stereocenters. The number of rotatable bonds is 3. The van der Waals surface area contributed by atoms with Crippen molar-refractivity contribution in [3.63, 3.8) is 0 Å². The van der Waals surface area contributed by atoms with Crippen LogP contribution < -0.4 is 0 Å². The molecule has 1 aliphatic carbocycles. The van der Waals surface area contributed by atoms with Crippen LogP contribution in [0.15, 0.2) is 0 Å². The number of carbonyl (C=O) groups is 1. The summed E-state index contributed by atoms with van der Waals surface area (Å²) in [6.07, 6.45) is 6.26. The van der Waals surface area contributed by atoms with Gasteiger partial charge in [-0.3, -0.25) is 9.48 Å². The second kappa shape index (κ2) is 5.78. The van der Waals surface area contributed by atoms with Crippen molar-refractivity contribution in [2.75, 3.05) is 0 Å². The van der Waals surface area contributed by atoms with E-state index in [1.165, 1.54) is 0 Å². The zero-order valence-corrected chi connectivity index (χ0v) is 13.6. The topological polar surface area (TPSA) is 68.0 Å². The van der Waals surface area contributed by atoms with Crippen LogP contribution in [0.25, 0.3) is 0 Å². The molecule has 5 nitrogen and oxygen atoms in total. The van der Waals surface area contributed by atoms with Gasteiger partial charge in [-0.05, 0) is 12.8 Å². The molecule has 1 saturated carbocycles. The van der Waals surface area contributed by atoms with Crippen LogP contribution in [0.3, 0.4) is 0 Å². The molecule has 1 N–H and O–H groups in total. The monoisotopic (exact) mass is 293 g/mol. The summed E-state index contributed by atoms with van der Waals surface area (Å²) in [7, 11) is 1.86. The van der Waals surface area contributed by atoms with E-state index in [1.807, 2.05) is 7.05 Å². The fourth-order valence-electron chi connectivity index (χ4n) is 3.06. The van der Waals surface area contributed by atoms with Crippen molar-refractivity contribution in [1.82, 2.24) is 14.8 Å². The fraction of sp³-hybridized carbons (Fsp3) is 0.812. The minimum absolute atomic E-state index is 0.115. The molecule has 1 heterocycles. The van der Waals surface area contributed by atoms with Crippen LogP contribution in [-0.4, -0.2) is 25.8 Å². The average molecular weight is 293 g/mol. The van der Waals surface area contributed by atoms with Crippen molar-refractivity contribution < 1.29 is 9.90 Å². The number of carboxylic acid groups (broad SMARTS) is 1. The van der Waals surface area contributed by atoms with Crippen molar-refractivity contribution in [1.29, 1.82) is 0 Å². The van der Waals surface area contributed by atoms with Gasteiger partial charge in [0.15, 0.2) is 5.82 Å². The molecule has 118 valence electrons. The van der Waals surface area contributed by atoms with Gasteiger partial charge in [0.2, 0.25) is 0 Å². The first-order valence-electron chi connectivity index (χ1n) is 7.88. The quantitative estimate of drug-likeness (QED) is 0.870. The van der Waals surface area contributed by atoms with Gasteiger partial charge in [0.1, 0.15) is 5.82 Å². The van der Waals surface area contributed by atoms with Crippen LogP contribution in [0.1, 0.15) is 70.9 Å². The summed E-state index contributed by atoms with van der Waals surface area (Å²) < 4.78 is 1.76. The van der Waals surface area contributed by atoms with E-state index >= 15 is 0 Å². The molecule has 1 aromatic rings. The Hall–Kier alpha value is -1.39. The normalized spacial score (nSPS) is 19.2. The van der Waals surface area contributed by atoms with Crippen LogP contribution in [0, 0.1) is 5.41 Å². The Labute approximate surface area is 126 Å². The summed E-state index contributed by atoms with van der Waals surface area (Å²) in [5.41, 5.74) is -0.775. The summed E-state index contributed by atoms with van der Waals surface area (Å²) in [4.78, 5) is 16.5. The highest BCUT2D eigenvalue weighted by Gasteiger charge is 2.40. The lowest BCUT2D eigenvalue weighted by Gasteiger charge is -2.27. The molecule has 0 saturated heterocycles. The predicted octanol–water partition coefficient (Wildman–Crippen LogP) is 3.08. The first-order valence-corrected chi connectivity index (χ1v) is 7.88.